The molecule has 1 aliphatic heterocycles. The van der Waals surface area contributed by atoms with Gasteiger partial charge in [0.1, 0.15) is 5.75 Å². The Morgan fingerprint density at radius 1 is 1.33 bits per heavy atom. The topological polar surface area (TPSA) is 71.6 Å². The summed E-state index contributed by atoms with van der Waals surface area (Å²) < 4.78 is 45.2. The SMILES string of the molecule is COCC1(CNC(=O)Nc2ccc(OC(F)(F)F)cc2)CCCN1. The van der Waals surface area contributed by atoms with Crippen molar-refractivity contribution in [1.82, 2.24) is 10.6 Å². The molecule has 0 saturated carbocycles. The summed E-state index contributed by atoms with van der Waals surface area (Å²) in [6.07, 6.45) is -2.84. The lowest BCUT2D eigenvalue weighted by Crippen LogP contribution is -2.53. The zero-order chi connectivity index (χ0) is 17.6. The Morgan fingerprint density at radius 2 is 2.04 bits per heavy atom. The number of nitrogens with one attached hydrogen (secondary N) is 3. The number of halogens is 3. The Hall–Kier alpha value is -2.00. The molecule has 134 valence electrons. The molecule has 0 spiro atoms. The molecule has 1 aromatic rings. The van der Waals surface area contributed by atoms with Gasteiger partial charge in [-0.15, -0.1) is 13.2 Å². The highest BCUT2D eigenvalue weighted by Gasteiger charge is 2.34. The molecular weight excluding hydrogens is 327 g/mol. The van der Waals surface area contributed by atoms with Crippen LogP contribution in [0.5, 0.6) is 5.75 Å². The molecule has 1 atom stereocenters. The highest BCUT2D eigenvalue weighted by atomic mass is 19.4. The number of hydrogen-bond acceptors (Lipinski definition) is 4. The molecule has 1 fully saturated rings. The minimum atomic E-state index is -4.74. The van der Waals surface area contributed by atoms with Crippen LogP contribution in [0.3, 0.4) is 0 Å². The lowest BCUT2D eigenvalue weighted by Gasteiger charge is -2.28. The van der Waals surface area contributed by atoms with Crippen LogP contribution >= 0.6 is 0 Å². The Bertz CT molecular complexity index is 543. The van der Waals surface area contributed by atoms with Gasteiger partial charge >= 0.3 is 12.4 Å². The zero-order valence-electron chi connectivity index (χ0n) is 13.2. The summed E-state index contributed by atoms with van der Waals surface area (Å²) in [6.45, 7) is 1.74. The second-order valence-corrected chi connectivity index (χ2v) is 5.62. The smallest absolute Gasteiger partial charge is 0.406 e. The average Bonchev–Trinajstić information content (AvgIpc) is 2.95. The lowest BCUT2D eigenvalue weighted by molar-refractivity contribution is -0.274. The molecule has 0 aromatic heterocycles. The van der Waals surface area contributed by atoms with E-state index in [9.17, 15) is 18.0 Å². The van der Waals surface area contributed by atoms with Gasteiger partial charge in [0.15, 0.2) is 0 Å². The maximum absolute atomic E-state index is 12.1. The van der Waals surface area contributed by atoms with Crippen molar-refractivity contribution in [1.29, 1.82) is 0 Å². The largest absolute Gasteiger partial charge is 0.573 e. The number of urea groups is 1. The molecule has 2 amide bonds. The summed E-state index contributed by atoms with van der Waals surface area (Å²) in [5.74, 6) is -0.345. The highest BCUT2D eigenvalue weighted by molar-refractivity contribution is 5.89. The Morgan fingerprint density at radius 3 is 2.58 bits per heavy atom. The zero-order valence-corrected chi connectivity index (χ0v) is 13.2. The lowest BCUT2D eigenvalue weighted by atomic mass is 9.99. The summed E-state index contributed by atoms with van der Waals surface area (Å²) in [6, 6.07) is 4.49. The fourth-order valence-electron chi connectivity index (χ4n) is 2.63. The van der Waals surface area contributed by atoms with E-state index in [4.69, 9.17) is 4.74 Å². The molecule has 0 radical (unpaired) electrons. The number of benzene rings is 1. The van der Waals surface area contributed by atoms with E-state index in [1.165, 1.54) is 12.1 Å². The first kappa shape index (κ1) is 18.3. The van der Waals surface area contributed by atoms with E-state index in [-0.39, 0.29) is 11.3 Å². The van der Waals surface area contributed by atoms with E-state index in [2.05, 4.69) is 20.7 Å². The predicted molar refractivity (Wildman–Crippen MR) is 82.0 cm³/mol. The van der Waals surface area contributed by atoms with Gasteiger partial charge in [-0.2, -0.15) is 0 Å². The first-order chi connectivity index (χ1) is 11.3. The standard InChI is InChI=1S/C15H20F3N3O3/c1-23-10-14(7-2-8-20-14)9-19-13(22)21-11-3-5-12(6-4-11)24-15(16,17)18/h3-6,20H,2,7-10H2,1H3,(H2,19,21,22). The number of hydrogen-bond donors (Lipinski definition) is 3. The fraction of sp³-hybridized carbons (Fsp3) is 0.533. The van der Waals surface area contributed by atoms with Gasteiger partial charge in [0, 0.05) is 19.3 Å². The van der Waals surface area contributed by atoms with Crippen LogP contribution in [0.4, 0.5) is 23.7 Å². The van der Waals surface area contributed by atoms with Gasteiger partial charge in [0.25, 0.3) is 0 Å². The van der Waals surface area contributed by atoms with Crippen LogP contribution < -0.4 is 20.7 Å². The van der Waals surface area contributed by atoms with Gasteiger partial charge in [0.05, 0.1) is 12.1 Å². The number of alkyl halides is 3. The van der Waals surface area contributed by atoms with Gasteiger partial charge in [-0.1, -0.05) is 0 Å². The monoisotopic (exact) mass is 347 g/mol. The van der Waals surface area contributed by atoms with E-state index < -0.39 is 12.4 Å². The van der Waals surface area contributed by atoms with Crippen LogP contribution in [-0.2, 0) is 4.74 Å². The van der Waals surface area contributed by atoms with Gasteiger partial charge in [-0.05, 0) is 43.7 Å². The number of amides is 2. The first-order valence-corrected chi connectivity index (χ1v) is 7.47. The molecule has 0 aliphatic carbocycles. The Balaban J connectivity index is 1.83. The number of carbonyl (C=O) groups excluding carboxylic acids is 1. The van der Waals surface area contributed by atoms with E-state index in [1.807, 2.05) is 0 Å². The fourth-order valence-corrected chi connectivity index (χ4v) is 2.63. The van der Waals surface area contributed by atoms with Crippen LogP contribution in [0.25, 0.3) is 0 Å². The predicted octanol–water partition coefficient (Wildman–Crippen LogP) is 2.48. The molecule has 24 heavy (non-hydrogen) atoms. The van der Waals surface area contributed by atoms with Crippen LogP contribution in [0.1, 0.15) is 12.8 Å². The number of anilines is 1. The first-order valence-electron chi connectivity index (χ1n) is 7.47. The molecule has 1 aliphatic rings. The second-order valence-electron chi connectivity index (χ2n) is 5.62. The van der Waals surface area contributed by atoms with E-state index in [1.54, 1.807) is 7.11 Å². The van der Waals surface area contributed by atoms with Crippen molar-refractivity contribution in [2.45, 2.75) is 24.7 Å². The van der Waals surface area contributed by atoms with Crippen molar-refractivity contribution in [3.63, 3.8) is 0 Å². The van der Waals surface area contributed by atoms with Crippen LogP contribution in [0.15, 0.2) is 24.3 Å². The van der Waals surface area contributed by atoms with Crippen LogP contribution in [0, 0.1) is 0 Å². The molecular formula is C15H20F3N3O3. The molecule has 1 heterocycles. The Labute approximate surface area is 137 Å². The van der Waals surface area contributed by atoms with E-state index >= 15 is 0 Å². The number of ether oxygens (including phenoxy) is 2. The molecule has 6 nitrogen and oxygen atoms in total. The minimum Gasteiger partial charge on any atom is -0.406 e. The quantitative estimate of drug-likeness (QED) is 0.739. The second kappa shape index (κ2) is 7.71. The number of carbonyl (C=O) groups is 1. The van der Waals surface area contributed by atoms with Gasteiger partial charge in [-0.3, -0.25) is 0 Å². The molecule has 0 bridgehead atoms. The molecule has 3 N–H and O–H groups in total. The summed E-state index contributed by atoms with van der Waals surface area (Å²) >= 11 is 0. The Kier molecular flexibility index (Phi) is 5.89. The highest BCUT2D eigenvalue weighted by Crippen LogP contribution is 2.24. The van der Waals surface area contributed by atoms with Gasteiger partial charge in [-0.25, -0.2) is 4.79 Å². The van der Waals surface area contributed by atoms with Crippen LogP contribution in [-0.4, -0.2) is 44.7 Å². The average molecular weight is 347 g/mol. The van der Waals surface area contributed by atoms with Gasteiger partial charge in [0.2, 0.25) is 0 Å². The van der Waals surface area contributed by atoms with Gasteiger partial charge < -0.3 is 25.4 Å². The van der Waals surface area contributed by atoms with Crippen molar-refractivity contribution >= 4 is 11.7 Å². The van der Waals surface area contributed by atoms with Crippen molar-refractivity contribution < 1.29 is 27.4 Å². The third-order valence-corrected chi connectivity index (χ3v) is 3.69. The maximum Gasteiger partial charge on any atom is 0.573 e. The van der Waals surface area contributed by atoms with Crippen molar-refractivity contribution in [2.24, 2.45) is 0 Å². The van der Waals surface area contributed by atoms with E-state index in [0.717, 1.165) is 31.5 Å². The summed E-state index contributed by atoms with van der Waals surface area (Å²) in [4.78, 5) is 11.9. The molecule has 1 unspecified atom stereocenters. The normalized spacial score (nSPS) is 20.7. The summed E-state index contributed by atoms with van der Waals surface area (Å²) in [5.41, 5.74) is 0.0819. The third-order valence-electron chi connectivity index (χ3n) is 3.69. The molecule has 1 aromatic carbocycles. The minimum absolute atomic E-state index is 0.281. The summed E-state index contributed by atoms with van der Waals surface area (Å²) in [5, 5.41) is 8.64. The maximum atomic E-state index is 12.1. The number of methoxy groups -OCH3 is 1. The van der Waals surface area contributed by atoms with Crippen molar-refractivity contribution in [2.75, 3.05) is 32.1 Å². The molecule has 1 saturated heterocycles. The number of rotatable bonds is 6. The molecule has 2 rings (SSSR count). The summed E-state index contributed by atoms with van der Waals surface area (Å²) in [7, 11) is 1.60. The van der Waals surface area contributed by atoms with E-state index in [0.29, 0.717) is 18.8 Å². The van der Waals surface area contributed by atoms with Crippen LogP contribution in [0.2, 0.25) is 0 Å². The molecule has 9 heteroatoms. The van der Waals surface area contributed by atoms with Crippen molar-refractivity contribution in [3.8, 4) is 5.75 Å². The van der Waals surface area contributed by atoms with Crippen molar-refractivity contribution in [3.05, 3.63) is 24.3 Å². The third kappa shape index (κ3) is 5.57.